The summed E-state index contributed by atoms with van der Waals surface area (Å²) >= 11 is 0. The van der Waals surface area contributed by atoms with Gasteiger partial charge in [-0.3, -0.25) is 0 Å². The van der Waals surface area contributed by atoms with Crippen molar-refractivity contribution < 1.29 is 19.1 Å². The summed E-state index contributed by atoms with van der Waals surface area (Å²) in [6.07, 6.45) is 1.90. The largest absolute Gasteiger partial charge is 0.454 e. The van der Waals surface area contributed by atoms with E-state index in [9.17, 15) is 9.59 Å². The highest BCUT2D eigenvalue weighted by molar-refractivity contribution is 5.74. The second kappa shape index (κ2) is 7.29. The summed E-state index contributed by atoms with van der Waals surface area (Å²) in [7, 11) is 0. The van der Waals surface area contributed by atoms with Crippen molar-refractivity contribution in [2.45, 2.75) is 19.4 Å². The second-order valence-corrected chi connectivity index (χ2v) is 6.05. The molecule has 8 nitrogen and oxygen atoms in total. The number of rotatable bonds is 4. The molecule has 2 aliphatic heterocycles. The van der Waals surface area contributed by atoms with Crippen LogP contribution >= 0.6 is 0 Å². The molecule has 4 amide bonds. The summed E-state index contributed by atoms with van der Waals surface area (Å²) < 4.78 is 10.6. The van der Waals surface area contributed by atoms with Crippen LogP contribution in [0.4, 0.5) is 9.59 Å². The molecule has 0 saturated carbocycles. The number of nitrogens with one attached hydrogen (secondary N) is 2. The number of nitrogens with zero attached hydrogens (tertiary/aromatic N) is 1. The van der Waals surface area contributed by atoms with Gasteiger partial charge >= 0.3 is 12.1 Å². The van der Waals surface area contributed by atoms with E-state index in [1.807, 2.05) is 18.2 Å². The van der Waals surface area contributed by atoms with Gasteiger partial charge in [-0.1, -0.05) is 6.07 Å². The predicted octanol–water partition coefficient (Wildman–Crippen LogP) is 1.01. The molecule has 130 valence electrons. The molecule has 0 bridgehead atoms. The minimum Gasteiger partial charge on any atom is -0.454 e. The van der Waals surface area contributed by atoms with Crippen LogP contribution in [0.15, 0.2) is 18.2 Å². The molecule has 0 aromatic heterocycles. The zero-order chi connectivity index (χ0) is 16.9. The number of likely N-dealkylation sites (tertiary alicyclic amines) is 1. The van der Waals surface area contributed by atoms with Crippen molar-refractivity contribution in [2.75, 3.05) is 26.4 Å². The first-order chi connectivity index (χ1) is 11.6. The third-order valence-electron chi connectivity index (χ3n) is 4.25. The Bertz CT molecular complexity index is 622. The van der Waals surface area contributed by atoms with Gasteiger partial charge in [-0.15, -0.1) is 0 Å². The number of hydrogen-bond acceptors (Lipinski definition) is 4. The first kappa shape index (κ1) is 16.2. The van der Waals surface area contributed by atoms with Gasteiger partial charge in [-0.2, -0.15) is 0 Å². The number of carbonyl (C=O) groups is 2. The first-order valence-corrected chi connectivity index (χ1v) is 8.06. The number of benzene rings is 1. The zero-order valence-corrected chi connectivity index (χ0v) is 13.4. The highest BCUT2D eigenvalue weighted by Crippen LogP contribution is 2.32. The summed E-state index contributed by atoms with van der Waals surface area (Å²) in [6.45, 7) is 2.50. The topological polar surface area (TPSA) is 106 Å². The van der Waals surface area contributed by atoms with Gasteiger partial charge in [-0.25, -0.2) is 9.59 Å². The fourth-order valence-corrected chi connectivity index (χ4v) is 3.00. The van der Waals surface area contributed by atoms with Gasteiger partial charge in [0.05, 0.1) is 0 Å². The maximum Gasteiger partial charge on any atom is 0.317 e. The lowest BCUT2D eigenvalue weighted by molar-refractivity contribution is 0.164. The number of primary amides is 1. The minimum absolute atomic E-state index is 0.101. The van der Waals surface area contributed by atoms with E-state index >= 15 is 0 Å². The minimum atomic E-state index is -0.528. The van der Waals surface area contributed by atoms with Crippen LogP contribution in [0.1, 0.15) is 18.4 Å². The smallest absolute Gasteiger partial charge is 0.317 e. The van der Waals surface area contributed by atoms with Crippen molar-refractivity contribution >= 4 is 12.1 Å². The predicted molar refractivity (Wildman–Crippen MR) is 86.7 cm³/mol. The van der Waals surface area contributed by atoms with Gasteiger partial charge in [0, 0.05) is 26.2 Å². The number of nitrogens with two attached hydrogens (primary N) is 1. The Labute approximate surface area is 140 Å². The molecule has 1 atom stereocenters. The Morgan fingerprint density at radius 1 is 1.25 bits per heavy atom. The van der Waals surface area contributed by atoms with Crippen LogP contribution in [0.25, 0.3) is 0 Å². The van der Waals surface area contributed by atoms with E-state index < -0.39 is 6.03 Å². The number of piperidine rings is 1. The molecule has 1 saturated heterocycles. The molecular formula is C16H22N4O4. The average molecular weight is 334 g/mol. The summed E-state index contributed by atoms with van der Waals surface area (Å²) in [5.41, 5.74) is 6.05. The quantitative estimate of drug-likeness (QED) is 0.764. The number of amides is 4. The summed E-state index contributed by atoms with van der Waals surface area (Å²) in [5, 5.41) is 5.54. The molecule has 2 aliphatic rings. The van der Waals surface area contributed by atoms with Crippen molar-refractivity contribution in [1.29, 1.82) is 0 Å². The van der Waals surface area contributed by atoms with Crippen LogP contribution in [0.2, 0.25) is 0 Å². The molecule has 0 spiro atoms. The molecule has 1 aromatic carbocycles. The standard InChI is InChI=1S/C16H22N4O4/c17-15(21)18-8-12-2-1-5-20(9-12)16(22)19-7-11-3-4-13-14(6-11)24-10-23-13/h3-4,6,12H,1-2,5,7-10H2,(H,19,22)(H3,17,18,21). The lowest BCUT2D eigenvalue weighted by atomic mass is 9.98. The Morgan fingerprint density at radius 2 is 2.08 bits per heavy atom. The van der Waals surface area contributed by atoms with Crippen LogP contribution in [0.3, 0.4) is 0 Å². The van der Waals surface area contributed by atoms with Crippen LogP contribution in [0.5, 0.6) is 11.5 Å². The molecule has 3 rings (SSSR count). The van der Waals surface area contributed by atoms with Gasteiger partial charge in [0.25, 0.3) is 0 Å². The van der Waals surface area contributed by atoms with Gasteiger partial charge in [0.2, 0.25) is 6.79 Å². The third kappa shape index (κ3) is 4.01. The number of carbonyl (C=O) groups excluding carboxylic acids is 2. The number of urea groups is 2. The molecule has 1 aromatic rings. The SMILES string of the molecule is NC(=O)NCC1CCCN(C(=O)NCc2ccc3c(c2)OCO3)C1. The van der Waals surface area contributed by atoms with E-state index in [4.69, 9.17) is 15.2 Å². The molecule has 1 fully saturated rings. The normalized spacial score (nSPS) is 19.0. The Kier molecular flexibility index (Phi) is 4.93. The maximum atomic E-state index is 12.3. The average Bonchev–Trinajstić information content (AvgIpc) is 3.06. The summed E-state index contributed by atoms with van der Waals surface area (Å²) in [4.78, 5) is 24.9. The van der Waals surface area contributed by atoms with Gasteiger partial charge < -0.3 is 30.7 Å². The molecule has 8 heteroatoms. The molecular weight excluding hydrogens is 312 g/mol. The van der Waals surface area contributed by atoms with E-state index in [0.717, 1.165) is 30.7 Å². The van der Waals surface area contributed by atoms with Crippen molar-refractivity contribution in [3.05, 3.63) is 23.8 Å². The van der Waals surface area contributed by atoms with Gasteiger partial charge in [0.1, 0.15) is 0 Å². The zero-order valence-electron chi connectivity index (χ0n) is 13.4. The van der Waals surface area contributed by atoms with Crippen molar-refractivity contribution in [3.63, 3.8) is 0 Å². The van der Waals surface area contributed by atoms with Crippen molar-refractivity contribution in [3.8, 4) is 11.5 Å². The van der Waals surface area contributed by atoms with Crippen LogP contribution in [-0.4, -0.2) is 43.4 Å². The maximum absolute atomic E-state index is 12.3. The van der Waals surface area contributed by atoms with E-state index in [1.54, 1.807) is 4.90 Å². The third-order valence-corrected chi connectivity index (χ3v) is 4.25. The van der Waals surface area contributed by atoms with Crippen LogP contribution < -0.4 is 25.8 Å². The lowest BCUT2D eigenvalue weighted by Crippen LogP contribution is -2.47. The first-order valence-electron chi connectivity index (χ1n) is 8.06. The van der Waals surface area contributed by atoms with Crippen molar-refractivity contribution in [1.82, 2.24) is 15.5 Å². The fraction of sp³-hybridized carbons (Fsp3) is 0.500. The van der Waals surface area contributed by atoms with Gasteiger partial charge in [0.15, 0.2) is 11.5 Å². The van der Waals surface area contributed by atoms with Crippen molar-refractivity contribution in [2.24, 2.45) is 11.7 Å². The molecule has 2 heterocycles. The Morgan fingerprint density at radius 3 is 2.92 bits per heavy atom. The Hall–Kier alpha value is -2.64. The molecule has 4 N–H and O–H groups in total. The molecule has 24 heavy (non-hydrogen) atoms. The van der Waals surface area contributed by atoms with E-state index in [0.29, 0.717) is 25.4 Å². The second-order valence-electron chi connectivity index (χ2n) is 6.05. The van der Waals surface area contributed by atoms with E-state index in [-0.39, 0.29) is 18.7 Å². The monoisotopic (exact) mass is 334 g/mol. The fourth-order valence-electron chi connectivity index (χ4n) is 3.00. The highest BCUT2D eigenvalue weighted by atomic mass is 16.7. The van der Waals surface area contributed by atoms with Crippen LogP contribution in [-0.2, 0) is 6.54 Å². The van der Waals surface area contributed by atoms with E-state index in [1.165, 1.54) is 0 Å². The summed E-state index contributed by atoms with van der Waals surface area (Å²) in [6, 6.07) is 4.99. The summed E-state index contributed by atoms with van der Waals surface area (Å²) in [5.74, 6) is 1.67. The highest BCUT2D eigenvalue weighted by Gasteiger charge is 2.23. The van der Waals surface area contributed by atoms with E-state index in [2.05, 4.69) is 10.6 Å². The molecule has 0 radical (unpaired) electrons. The number of fused-ring (bicyclic) bond motifs is 1. The Balaban J connectivity index is 1.48. The number of ether oxygens (including phenoxy) is 2. The molecule has 1 unspecified atom stereocenters. The van der Waals surface area contributed by atoms with Gasteiger partial charge in [-0.05, 0) is 36.5 Å². The number of hydrogen-bond donors (Lipinski definition) is 3. The van der Waals surface area contributed by atoms with Crippen LogP contribution in [0, 0.1) is 5.92 Å². The lowest BCUT2D eigenvalue weighted by Gasteiger charge is -2.32. The molecule has 0 aliphatic carbocycles.